The Bertz CT molecular complexity index is 429. The number of aliphatic hydroxyl groups excluding tert-OH is 1. The molecule has 1 aromatic rings. The number of carbonyl (C=O) groups is 1. The lowest BCUT2D eigenvalue weighted by molar-refractivity contribution is -0.121. The zero-order valence-electron chi connectivity index (χ0n) is 10.9. The Morgan fingerprint density at radius 3 is 2.94 bits per heavy atom. The van der Waals surface area contributed by atoms with Gasteiger partial charge in [0.05, 0.1) is 6.10 Å². The Hall–Kier alpha value is -1.35. The van der Waals surface area contributed by atoms with Crippen molar-refractivity contribution >= 4 is 5.91 Å². The van der Waals surface area contributed by atoms with E-state index in [0.717, 1.165) is 18.4 Å². The normalized spacial score (nSPS) is 15.2. The van der Waals surface area contributed by atoms with Crippen LogP contribution in [0.4, 0.5) is 0 Å². The molecule has 1 atom stereocenters. The zero-order chi connectivity index (χ0) is 13.0. The molecule has 1 aromatic carbocycles. The standard InChI is InChI=1S/C15H21NO2/c1-2-16-15(18)9-8-14(17)13-7-6-11-4-3-5-12(11)10-13/h6-7,10,14,17H,2-5,8-9H2,1H3,(H,16,18). The van der Waals surface area contributed by atoms with Crippen LogP contribution in [0.2, 0.25) is 0 Å². The topological polar surface area (TPSA) is 49.3 Å². The molecule has 0 radical (unpaired) electrons. The second-order valence-corrected chi connectivity index (χ2v) is 4.89. The lowest BCUT2D eigenvalue weighted by Gasteiger charge is -2.12. The first-order chi connectivity index (χ1) is 8.70. The van der Waals surface area contributed by atoms with Crippen molar-refractivity contribution in [2.75, 3.05) is 6.54 Å². The average molecular weight is 247 g/mol. The first-order valence-corrected chi connectivity index (χ1v) is 6.77. The summed E-state index contributed by atoms with van der Waals surface area (Å²) in [5.41, 5.74) is 3.72. The summed E-state index contributed by atoms with van der Waals surface area (Å²) in [6, 6.07) is 6.21. The number of benzene rings is 1. The Kier molecular flexibility index (Phi) is 4.37. The molecule has 2 N–H and O–H groups in total. The van der Waals surface area contributed by atoms with E-state index >= 15 is 0 Å². The van der Waals surface area contributed by atoms with Crippen molar-refractivity contribution in [3.8, 4) is 0 Å². The van der Waals surface area contributed by atoms with Gasteiger partial charge in [-0.3, -0.25) is 4.79 Å². The Morgan fingerprint density at radius 2 is 2.17 bits per heavy atom. The van der Waals surface area contributed by atoms with Crippen LogP contribution in [0, 0.1) is 0 Å². The Balaban J connectivity index is 1.92. The molecule has 0 fully saturated rings. The number of aryl methyl sites for hydroxylation is 2. The smallest absolute Gasteiger partial charge is 0.220 e. The van der Waals surface area contributed by atoms with Gasteiger partial charge in [0, 0.05) is 13.0 Å². The van der Waals surface area contributed by atoms with Gasteiger partial charge in [0.25, 0.3) is 0 Å². The first kappa shape index (κ1) is 13.1. The van der Waals surface area contributed by atoms with E-state index in [4.69, 9.17) is 0 Å². The van der Waals surface area contributed by atoms with E-state index in [1.165, 1.54) is 17.5 Å². The zero-order valence-corrected chi connectivity index (χ0v) is 10.9. The molecular weight excluding hydrogens is 226 g/mol. The predicted octanol–water partition coefficient (Wildman–Crippen LogP) is 2.12. The second kappa shape index (κ2) is 6.01. The third kappa shape index (κ3) is 3.10. The highest BCUT2D eigenvalue weighted by molar-refractivity contribution is 5.75. The van der Waals surface area contributed by atoms with Gasteiger partial charge in [0.2, 0.25) is 5.91 Å². The van der Waals surface area contributed by atoms with E-state index in [9.17, 15) is 9.90 Å². The van der Waals surface area contributed by atoms with E-state index in [2.05, 4.69) is 17.4 Å². The van der Waals surface area contributed by atoms with Gasteiger partial charge in [-0.1, -0.05) is 18.2 Å². The van der Waals surface area contributed by atoms with Crippen LogP contribution in [-0.4, -0.2) is 17.6 Å². The van der Waals surface area contributed by atoms with Crippen LogP contribution in [0.3, 0.4) is 0 Å². The van der Waals surface area contributed by atoms with E-state index in [1.54, 1.807) is 0 Å². The second-order valence-electron chi connectivity index (χ2n) is 4.89. The number of nitrogens with one attached hydrogen (secondary N) is 1. The fourth-order valence-electron chi connectivity index (χ4n) is 2.52. The highest BCUT2D eigenvalue weighted by Crippen LogP contribution is 2.26. The summed E-state index contributed by atoms with van der Waals surface area (Å²) in [6.07, 6.45) is 3.83. The van der Waals surface area contributed by atoms with Gasteiger partial charge in [0.1, 0.15) is 0 Å². The van der Waals surface area contributed by atoms with Gasteiger partial charge >= 0.3 is 0 Å². The molecule has 0 aromatic heterocycles. The summed E-state index contributed by atoms with van der Waals surface area (Å²) in [7, 11) is 0. The molecule has 1 unspecified atom stereocenters. The van der Waals surface area contributed by atoms with Gasteiger partial charge < -0.3 is 10.4 Å². The average Bonchev–Trinajstić information content (AvgIpc) is 2.83. The Labute approximate surface area is 108 Å². The van der Waals surface area contributed by atoms with Crippen molar-refractivity contribution in [1.82, 2.24) is 5.32 Å². The molecule has 0 saturated heterocycles. The SMILES string of the molecule is CCNC(=O)CCC(O)c1ccc2c(c1)CCC2. The number of hydrogen-bond acceptors (Lipinski definition) is 2. The minimum absolute atomic E-state index is 0.0118. The number of fused-ring (bicyclic) bond motifs is 1. The number of hydrogen-bond donors (Lipinski definition) is 2. The fraction of sp³-hybridized carbons (Fsp3) is 0.533. The van der Waals surface area contributed by atoms with Crippen molar-refractivity contribution in [3.05, 3.63) is 34.9 Å². The molecule has 1 aliphatic rings. The van der Waals surface area contributed by atoms with Gasteiger partial charge in [-0.2, -0.15) is 0 Å². The molecule has 1 amide bonds. The van der Waals surface area contributed by atoms with Crippen molar-refractivity contribution in [1.29, 1.82) is 0 Å². The summed E-state index contributed by atoms with van der Waals surface area (Å²) in [5.74, 6) is 0.0118. The van der Waals surface area contributed by atoms with Crippen LogP contribution in [0.5, 0.6) is 0 Å². The minimum Gasteiger partial charge on any atom is -0.388 e. The number of aliphatic hydroxyl groups is 1. The monoisotopic (exact) mass is 247 g/mol. The molecule has 0 aliphatic heterocycles. The molecule has 0 bridgehead atoms. The minimum atomic E-state index is -0.529. The quantitative estimate of drug-likeness (QED) is 0.837. The van der Waals surface area contributed by atoms with Crippen LogP contribution in [0.15, 0.2) is 18.2 Å². The van der Waals surface area contributed by atoms with Crippen LogP contribution in [0.1, 0.15) is 49.0 Å². The highest BCUT2D eigenvalue weighted by Gasteiger charge is 2.15. The highest BCUT2D eigenvalue weighted by atomic mass is 16.3. The van der Waals surface area contributed by atoms with Gasteiger partial charge in [-0.25, -0.2) is 0 Å². The molecule has 18 heavy (non-hydrogen) atoms. The lowest BCUT2D eigenvalue weighted by Crippen LogP contribution is -2.22. The van der Waals surface area contributed by atoms with Crippen LogP contribution in [0.25, 0.3) is 0 Å². The number of amides is 1. The third-order valence-corrected chi connectivity index (χ3v) is 3.53. The van der Waals surface area contributed by atoms with E-state index < -0.39 is 6.10 Å². The summed E-state index contributed by atoms with van der Waals surface area (Å²) >= 11 is 0. The predicted molar refractivity (Wildman–Crippen MR) is 71.3 cm³/mol. The van der Waals surface area contributed by atoms with Crippen molar-refractivity contribution in [2.24, 2.45) is 0 Å². The maximum Gasteiger partial charge on any atom is 0.220 e. The van der Waals surface area contributed by atoms with Crippen LogP contribution < -0.4 is 5.32 Å². The van der Waals surface area contributed by atoms with Gasteiger partial charge in [-0.05, 0) is 49.3 Å². The summed E-state index contributed by atoms with van der Waals surface area (Å²) in [6.45, 7) is 2.54. The molecule has 98 valence electrons. The van der Waals surface area contributed by atoms with Gasteiger partial charge in [-0.15, -0.1) is 0 Å². The van der Waals surface area contributed by atoms with Crippen molar-refractivity contribution < 1.29 is 9.90 Å². The largest absolute Gasteiger partial charge is 0.388 e. The summed E-state index contributed by atoms with van der Waals surface area (Å²) in [5, 5.41) is 12.8. The maximum absolute atomic E-state index is 11.3. The number of rotatable bonds is 5. The first-order valence-electron chi connectivity index (χ1n) is 6.77. The summed E-state index contributed by atoms with van der Waals surface area (Å²) < 4.78 is 0. The third-order valence-electron chi connectivity index (χ3n) is 3.53. The summed E-state index contributed by atoms with van der Waals surface area (Å²) in [4.78, 5) is 11.3. The van der Waals surface area contributed by atoms with Crippen LogP contribution >= 0.6 is 0 Å². The molecular formula is C15H21NO2. The molecule has 3 nitrogen and oxygen atoms in total. The Morgan fingerprint density at radius 1 is 1.39 bits per heavy atom. The lowest BCUT2D eigenvalue weighted by atomic mass is 10.00. The maximum atomic E-state index is 11.3. The van der Waals surface area contributed by atoms with Gasteiger partial charge in [0.15, 0.2) is 0 Å². The fourth-order valence-corrected chi connectivity index (χ4v) is 2.52. The molecule has 2 rings (SSSR count). The molecule has 0 saturated carbocycles. The molecule has 1 aliphatic carbocycles. The van der Waals surface area contributed by atoms with E-state index in [0.29, 0.717) is 19.4 Å². The van der Waals surface area contributed by atoms with E-state index in [1.807, 2.05) is 13.0 Å². The molecule has 0 heterocycles. The van der Waals surface area contributed by atoms with Crippen molar-refractivity contribution in [3.63, 3.8) is 0 Å². The molecule has 3 heteroatoms. The van der Waals surface area contributed by atoms with E-state index in [-0.39, 0.29) is 5.91 Å². The van der Waals surface area contributed by atoms with Crippen molar-refractivity contribution in [2.45, 2.75) is 45.1 Å². The molecule has 0 spiro atoms. The number of carbonyl (C=O) groups excluding carboxylic acids is 1. The van der Waals surface area contributed by atoms with Crippen LogP contribution in [-0.2, 0) is 17.6 Å².